The van der Waals surface area contributed by atoms with Crippen molar-refractivity contribution in [1.29, 1.82) is 0 Å². The topological polar surface area (TPSA) is 29.3 Å². The van der Waals surface area contributed by atoms with Gasteiger partial charge in [0.1, 0.15) is 0 Å². The Balaban J connectivity index is 1.88. The molecule has 4 heteroatoms. The Morgan fingerprint density at radius 1 is 1.53 bits per heavy atom. The highest BCUT2D eigenvalue weighted by Crippen LogP contribution is 2.20. The second-order valence-electron chi connectivity index (χ2n) is 3.97. The molecule has 78 valence electrons. The van der Waals surface area contributed by atoms with Crippen LogP contribution in [0.5, 0.6) is 0 Å². The molecular weight excluding hydrogens is 210 g/mol. The summed E-state index contributed by atoms with van der Waals surface area (Å²) in [5.41, 5.74) is 1.89. The Kier molecular flexibility index (Phi) is 2.15. The molecule has 2 heterocycles. The van der Waals surface area contributed by atoms with Crippen molar-refractivity contribution >= 4 is 17.2 Å². The van der Waals surface area contributed by atoms with E-state index < -0.39 is 0 Å². The average molecular weight is 222 g/mol. The molecule has 2 aromatic heterocycles. The van der Waals surface area contributed by atoms with Gasteiger partial charge in [-0.25, -0.2) is 4.98 Å². The lowest BCUT2D eigenvalue weighted by atomic mass is 10.4. The molecule has 0 amide bonds. The maximum Gasteiger partial charge on any atom is 0.155 e. The largest absolute Gasteiger partial charge is 0.308 e. The van der Waals surface area contributed by atoms with Crippen molar-refractivity contribution in [2.45, 2.75) is 25.4 Å². The van der Waals surface area contributed by atoms with Gasteiger partial charge in [-0.05, 0) is 25.0 Å². The van der Waals surface area contributed by atoms with E-state index in [2.05, 4.69) is 10.3 Å². The summed E-state index contributed by atoms with van der Waals surface area (Å²) in [6, 6.07) is 4.50. The van der Waals surface area contributed by atoms with Gasteiger partial charge < -0.3 is 9.72 Å². The SMILES string of the molecule is Clc1cccn2cc(CNC3CC3)nc12. The number of hydrogen-bond donors (Lipinski definition) is 1. The average Bonchev–Trinajstić information content (AvgIpc) is 2.95. The molecule has 1 saturated carbocycles. The number of rotatable bonds is 3. The molecule has 0 aromatic carbocycles. The number of pyridine rings is 1. The van der Waals surface area contributed by atoms with Crippen LogP contribution in [0.25, 0.3) is 5.65 Å². The third-order valence-electron chi connectivity index (χ3n) is 2.63. The Bertz CT molecular complexity index is 488. The van der Waals surface area contributed by atoms with E-state index in [1.165, 1.54) is 12.8 Å². The molecule has 2 aromatic rings. The second kappa shape index (κ2) is 3.51. The normalized spacial score (nSPS) is 16.1. The van der Waals surface area contributed by atoms with Crippen molar-refractivity contribution in [2.75, 3.05) is 0 Å². The molecule has 0 radical (unpaired) electrons. The smallest absolute Gasteiger partial charge is 0.155 e. The van der Waals surface area contributed by atoms with Gasteiger partial charge in [0, 0.05) is 25.0 Å². The number of imidazole rings is 1. The molecule has 1 N–H and O–H groups in total. The lowest BCUT2D eigenvalue weighted by Gasteiger charge is -1.96. The molecule has 0 saturated heterocycles. The lowest BCUT2D eigenvalue weighted by Crippen LogP contribution is -2.15. The summed E-state index contributed by atoms with van der Waals surface area (Å²) in [5, 5.41) is 4.14. The van der Waals surface area contributed by atoms with Crippen molar-refractivity contribution in [2.24, 2.45) is 0 Å². The number of halogens is 1. The molecule has 1 aliphatic carbocycles. The number of nitrogens with one attached hydrogen (secondary N) is 1. The molecule has 0 spiro atoms. The van der Waals surface area contributed by atoms with E-state index in [-0.39, 0.29) is 0 Å². The molecular formula is C11H12ClN3. The number of hydrogen-bond acceptors (Lipinski definition) is 2. The van der Waals surface area contributed by atoms with Crippen LogP contribution in [-0.4, -0.2) is 15.4 Å². The highest BCUT2D eigenvalue weighted by atomic mass is 35.5. The first kappa shape index (κ1) is 9.19. The Labute approximate surface area is 93.1 Å². The molecule has 1 aliphatic rings. The maximum absolute atomic E-state index is 6.04. The minimum Gasteiger partial charge on any atom is -0.308 e. The van der Waals surface area contributed by atoms with E-state index in [4.69, 9.17) is 11.6 Å². The number of nitrogens with zero attached hydrogens (tertiary/aromatic N) is 2. The fraction of sp³-hybridized carbons (Fsp3) is 0.364. The molecule has 0 bridgehead atoms. The Hall–Kier alpha value is -1.06. The minimum atomic E-state index is 0.704. The first-order valence-corrected chi connectivity index (χ1v) is 5.56. The second-order valence-corrected chi connectivity index (χ2v) is 4.38. The van der Waals surface area contributed by atoms with Crippen LogP contribution in [0.4, 0.5) is 0 Å². The van der Waals surface area contributed by atoms with Crippen LogP contribution < -0.4 is 5.32 Å². The van der Waals surface area contributed by atoms with Crippen molar-refractivity contribution in [1.82, 2.24) is 14.7 Å². The highest BCUT2D eigenvalue weighted by molar-refractivity contribution is 6.33. The molecule has 1 fully saturated rings. The van der Waals surface area contributed by atoms with E-state index in [9.17, 15) is 0 Å². The molecule has 0 aliphatic heterocycles. The Morgan fingerprint density at radius 3 is 3.13 bits per heavy atom. The first-order valence-electron chi connectivity index (χ1n) is 5.18. The summed E-state index contributed by atoms with van der Waals surface area (Å²) in [6.45, 7) is 0.836. The van der Waals surface area contributed by atoms with Crippen molar-refractivity contribution in [3.8, 4) is 0 Å². The third-order valence-corrected chi connectivity index (χ3v) is 2.93. The van der Waals surface area contributed by atoms with Gasteiger partial charge >= 0.3 is 0 Å². The number of aromatic nitrogens is 2. The fourth-order valence-electron chi connectivity index (χ4n) is 1.65. The van der Waals surface area contributed by atoms with Crippen LogP contribution in [0, 0.1) is 0 Å². The lowest BCUT2D eigenvalue weighted by molar-refractivity contribution is 0.677. The zero-order valence-electron chi connectivity index (χ0n) is 8.28. The Morgan fingerprint density at radius 2 is 2.40 bits per heavy atom. The van der Waals surface area contributed by atoms with E-state index in [1.54, 1.807) is 0 Å². The van der Waals surface area contributed by atoms with Gasteiger partial charge in [-0.1, -0.05) is 11.6 Å². The third kappa shape index (κ3) is 1.85. The summed E-state index contributed by atoms with van der Waals surface area (Å²) < 4.78 is 1.96. The summed E-state index contributed by atoms with van der Waals surface area (Å²) >= 11 is 6.04. The van der Waals surface area contributed by atoms with Gasteiger partial charge in [0.15, 0.2) is 5.65 Å². The highest BCUT2D eigenvalue weighted by Gasteiger charge is 2.20. The maximum atomic E-state index is 6.04. The van der Waals surface area contributed by atoms with Crippen LogP contribution in [0.15, 0.2) is 24.5 Å². The monoisotopic (exact) mass is 221 g/mol. The van der Waals surface area contributed by atoms with Gasteiger partial charge in [0.05, 0.1) is 10.7 Å². The molecule has 3 nitrogen and oxygen atoms in total. The van der Waals surface area contributed by atoms with Gasteiger partial charge in [-0.15, -0.1) is 0 Å². The standard InChI is InChI=1S/C11H12ClN3/c12-10-2-1-5-15-7-9(14-11(10)15)6-13-8-3-4-8/h1-2,5,7-8,13H,3-4,6H2. The van der Waals surface area contributed by atoms with Gasteiger partial charge in [-0.2, -0.15) is 0 Å². The molecule has 0 unspecified atom stereocenters. The number of fused-ring (bicyclic) bond motifs is 1. The van der Waals surface area contributed by atoms with Gasteiger partial charge in [0.25, 0.3) is 0 Å². The zero-order chi connectivity index (χ0) is 10.3. The summed E-state index contributed by atoms with van der Waals surface area (Å²) in [7, 11) is 0. The van der Waals surface area contributed by atoms with E-state index in [0.29, 0.717) is 11.1 Å². The van der Waals surface area contributed by atoms with Crippen LogP contribution in [0.2, 0.25) is 5.02 Å². The van der Waals surface area contributed by atoms with E-state index in [0.717, 1.165) is 17.9 Å². The molecule has 0 atom stereocenters. The van der Waals surface area contributed by atoms with E-state index >= 15 is 0 Å². The van der Waals surface area contributed by atoms with Crippen LogP contribution in [0.1, 0.15) is 18.5 Å². The summed E-state index contributed by atoms with van der Waals surface area (Å²) in [6.07, 6.45) is 6.59. The predicted molar refractivity (Wildman–Crippen MR) is 60.1 cm³/mol. The first-order chi connectivity index (χ1) is 7.33. The summed E-state index contributed by atoms with van der Waals surface area (Å²) in [4.78, 5) is 4.48. The van der Waals surface area contributed by atoms with Crippen LogP contribution in [0.3, 0.4) is 0 Å². The van der Waals surface area contributed by atoms with E-state index in [1.807, 2.05) is 28.9 Å². The van der Waals surface area contributed by atoms with Crippen molar-refractivity contribution in [3.05, 3.63) is 35.2 Å². The fourth-order valence-corrected chi connectivity index (χ4v) is 1.86. The summed E-state index contributed by atoms with van der Waals surface area (Å²) in [5.74, 6) is 0. The van der Waals surface area contributed by atoms with Crippen LogP contribution >= 0.6 is 11.6 Å². The molecule has 3 rings (SSSR count). The van der Waals surface area contributed by atoms with Crippen molar-refractivity contribution < 1.29 is 0 Å². The van der Waals surface area contributed by atoms with Gasteiger partial charge in [0.2, 0.25) is 0 Å². The quantitative estimate of drug-likeness (QED) is 0.862. The predicted octanol–water partition coefficient (Wildman–Crippen LogP) is 2.24. The zero-order valence-corrected chi connectivity index (χ0v) is 9.04. The van der Waals surface area contributed by atoms with Crippen molar-refractivity contribution in [3.63, 3.8) is 0 Å². The van der Waals surface area contributed by atoms with Gasteiger partial charge in [-0.3, -0.25) is 0 Å². The minimum absolute atomic E-state index is 0.704. The van der Waals surface area contributed by atoms with Crippen LogP contribution in [-0.2, 0) is 6.54 Å². The molecule has 15 heavy (non-hydrogen) atoms.